The van der Waals surface area contributed by atoms with Crippen LogP contribution in [0.1, 0.15) is 6.42 Å². The predicted molar refractivity (Wildman–Crippen MR) is 43.4 cm³/mol. The van der Waals surface area contributed by atoms with Crippen LogP contribution in [0.5, 0.6) is 0 Å². The van der Waals surface area contributed by atoms with Crippen molar-refractivity contribution in [3.63, 3.8) is 0 Å². The van der Waals surface area contributed by atoms with E-state index < -0.39 is 18.2 Å². The highest BCUT2D eigenvalue weighted by Crippen LogP contribution is 2.23. The molecule has 1 aliphatic rings. The topological polar surface area (TPSA) is 66.7 Å². The van der Waals surface area contributed by atoms with Gasteiger partial charge in [-0.2, -0.15) is 0 Å². The monoisotopic (exact) mass is 207 g/mol. The number of ketones is 1. The van der Waals surface area contributed by atoms with Gasteiger partial charge in [0.2, 0.25) is 5.78 Å². The van der Waals surface area contributed by atoms with E-state index in [1.165, 1.54) is 0 Å². The molecule has 1 heterocycles. The van der Waals surface area contributed by atoms with Crippen LogP contribution in [0, 0.1) is 0 Å². The van der Waals surface area contributed by atoms with E-state index in [4.69, 9.17) is 28.3 Å². The molecular formula is C6H3Cl2NO3. The summed E-state index contributed by atoms with van der Waals surface area (Å²) in [7, 11) is 0. The van der Waals surface area contributed by atoms with Gasteiger partial charge in [-0.25, -0.2) is 4.99 Å². The van der Waals surface area contributed by atoms with Crippen molar-refractivity contribution >= 4 is 40.1 Å². The van der Waals surface area contributed by atoms with Gasteiger partial charge < -0.3 is 5.11 Å². The predicted octanol–water partition coefficient (Wildman–Crippen LogP) is 1.13. The Morgan fingerprint density at radius 1 is 1.50 bits per heavy atom. The Bertz CT molecular complexity index is 319. The van der Waals surface area contributed by atoms with Crippen molar-refractivity contribution in [1.82, 2.24) is 0 Å². The van der Waals surface area contributed by atoms with E-state index in [1.54, 1.807) is 0 Å². The summed E-state index contributed by atoms with van der Waals surface area (Å²) in [5.74, 6) is -1.75. The SMILES string of the molecule is O=C(O)CC1=C(Cl)N=C(Cl)C1=O. The zero-order chi connectivity index (χ0) is 9.30. The standard InChI is InChI=1S/C6H3Cl2NO3/c7-5-2(1-3(10)11)4(12)6(8)9-5/h1H2,(H,10,11). The highest BCUT2D eigenvalue weighted by Gasteiger charge is 2.26. The molecule has 1 N–H and O–H groups in total. The average Bonchev–Trinajstić information content (AvgIpc) is 2.16. The molecule has 0 amide bonds. The van der Waals surface area contributed by atoms with Crippen LogP contribution in [0.2, 0.25) is 0 Å². The molecule has 4 nitrogen and oxygen atoms in total. The molecule has 0 radical (unpaired) electrons. The maximum atomic E-state index is 11.0. The lowest BCUT2D eigenvalue weighted by atomic mass is 10.1. The molecule has 12 heavy (non-hydrogen) atoms. The number of rotatable bonds is 2. The molecule has 0 atom stereocenters. The Balaban J connectivity index is 2.88. The lowest BCUT2D eigenvalue weighted by Crippen LogP contribution is -2.09. The summed E-state index contributed by atoms with van der Waals surface area (Å²) in [5.41, 5.74) is -0.0610. The largest absolute Gasteiger partial charge is 0.481 e. The van der Waals surface area contributed by atoms with Gasteiger partial charge in [-0.05, 0) is 0 Å². The number of carboxylic acid groups (broad SMARTS) is 1. The van der Waals surface area contributed by atoms with Crippen LogP contribution in [-0.4, -0.2) is 22.0 Å². The number of hydrogen-bond donors (Lipinski definition) is 1. The summed E-state index contributed by atoms with van der Waals surface area (Å²) >= 11 is 10.8. The second kappa shape index (κ2) is 3.25. The van der Waals surface area contributed by atoms with Crippen LogP contribution < -0.4 is 0 Å². The van der Waals surface area contributed by atoms with E-state index >= 15 is 0 Å². The summed E-state index contributed by atoms with van der Waals surface area (Å²) in [6, 6.07) is 0. The minimum absolute atomic E-state index is 0.0610. The molecular weight excluding hydrogens is 205 g/mol. The van der Waals surface area contributed by atoms with E-state index in [0.717, 1.165) is 0 Å². The second-order valence-corrected chi connectivity index (χ2v) is 2.79. The van der Waals surface area contributed by atoms with Gasteiger partial charge in [0.1, 0.15) is 5.16 Å². The summed E-state index contributed by atoms with van der Waals surface area (Å²) in [5, 5.41) is 7.94. The Hall–Kier alpha value is -0.870. The summed E-state index contributed by atoms with van der Waals surface area (Å²) in [6.45, 7) is 0. The maximum Gasteiger partial charge on any atom is 0.308 e. The first kappa shape index (κ1) is 9.22. The lowest BCUT2D eigenvalue weighted by Gasteiger charge is -1.93. The Morgan fingerprint density at radius 3 is 2.42 bits per heavy atom. The molecule has 6 heteroatoms. The molecule has 1 aliphatic heterocycles. The molecule has 0 saturated carbocycles. The lowest BCUT2D eigenvalue weighted by molar-refractivity contribution is -0.136. The van der Waals surface area contributed by atoms with E-state index in [0.29, 0.717) is 0 Å². The summed E-state index contributed by atoms with van der Waals surface area (Å²) in [6.07, 6.45) is -0.447. The molecule has 0 aromatic rings. The van der Waals surface area contributed by atoms with E-state index in [9.17, 15) is 9.59 Å². The molecule has 0 spiro atoms. The van der Waals surface area contributed by atoms with Gasteiger partial charge >= 0.3 is 5.97 Å². The number of nitrogens with zero attached hydrogens (tertiary/aromatic N) is 1. The smallest absolute Gasteiger partial charge is 0.308 e. The minimum Gasteiger partial charge on any atom is -0.481 e. The zero-order valence-corrected chi connectivity index (χ0v) is 7.19. The number of Topliss-reactive ketones (excluding diaryl/α,β-unsaturated/α-hetero) is 1. The van der Waals surface area contributed by atoms with Crippen molar-refractivity contribution in [2.75, 3.05) is 0 Å². The maximum absolute atomic E-state index is 11.0. The molecule has 0 saturated heterocycles. The highest BCUT2D eigenvalue weighted by molar-refractivity contribution is 6.86. The van der Waals surface area contributed by atoms with E-state index in [2.05, 4.69) is 4.99 Å². The molecule has 1 rings (SSSR count). The number of halogens is 2. The van der Waals surface area contributed by atoms with Gasteiger partial charge in [0.05, 0.1) is 12.0 Å². The molecule has 0 fully saturated rings. The normalized spacial score (nSPS) is 16.8. The Morgan fingerprint density at radius 2 is 2.08 bits per heavy atom. The molecule has 0 aliphatic carbocycles. The average molecular weight is 208 g/mol. The van der Waals surface area contributed by atoms with Crippen molar-refractivity contribution < 1.29 is 14.7 Å². The van der Waals surface area contributed by atoms with Gasteiger partial charge in [0, 0.05) is 0 Å². The van der Waals surface area contributed by atoms with Crippen molar-refractivity contribution in [1.29, 1.82) is 0 Å². The molecule has 64 valence electrons. The first-order chi connectivity index (χ1) is 5.52. The van der Waals surface area contributed by atoms with Crippen LogP contribution in [0.3, 0.4) is 0 Å². The Labute approximate surface area is 77.5 Å². The van der Waals surface area contributed by atoms with Gasteiger partial charge in [-0.1, -0.05) is 23.2 Å². The first-order valence-corrected chi connectivity index (χ1v) is 3.67. The fraction of sp³-hybridized carbons (Fsp3) is 0.167. The van der Waals surface area contributed by atoms with Gasteiger partial charge in [-0.15, -0.1) is 0 Å². The third-order valence-electron chi connectivity index (χ3n) is 1.23. The van der Waals surface area contributed by atoms with Crippen LogP contribution >= 0.6 is 23.2 Å². The van der Waals surface area contributed by atoms with Gasteiger partial charge in [-0.3, -0.25) is 9.59 Å². The minimum atomic E-state index is -1.14. The Kier molecular flexibility index (Phi) is 2.49. The summed E-state index contributed by atoms with van der Waals surface area (Å²) < 4.78 is 0. The molecule has 0 aromatic heterocycles. The first-order valence-electron chi connectivity index (χ1n) is 2.91. The number of hydrogen-bond acceptors (Lipinski definition) is 3. The highest BCUT2D eigenvalue weighted by atomic mass is 35.5. The van der Waals surface area contributed by atoms with Crippen LogP contribution in [0.25, 0.3) is 0 Å². The second-order valence-electron chi connectivity index (χ2n) is 2.07. The van der Waals surface area contributed by atoms with Crippen molar-refractivity contribution in [3.8, 4) is 0 Å². The quantitative estimate of drug-likeness (QED) is 0.691. The number of aliphatic imine (C=N–C) groups is 1. The fourth-order valence-corrected chi connectivity index (χ4v) is 1.21. The van der Waals surface area contributed by atoms with Crippen molar-refractivity contribution in [3.05, 3.63) is 10.7 Å². The third kappa shape index (κ3) is 1.65. The number of carboxylic acids is 1. The van der Waals surface area contributed by atoms with E-state index in [1.807, 2.05) is 0 Å². The van der Waals surface area contributed by atoms with Crippen molar-refractivity contribution in [2.45, 2.75) is 6.42 Å². The van der Waals surface area contributed by atoms with Gasteiger partial charge in [0.15, 0.2) is 5.17 Å². The van der Waals surface area contributed by atoms with Crippen LogP contribution in [-0.2, 0) is 9.59 Å². The molecule has 0 unspecified atom stereocenters. The van der Waals surface area contributed by atoms with Crippen molar-refractivity contribution in [2.24, 2.45) is 4.99 Å². The zero-order valence-electron chi connectivity index (χ0n) is 5.67. The number of carbonyl (C=O) groups is 2. The van der Waals surface area contributed by atoms with Gasteiger partial charge in [0.25, 0.3) is 0 Å². The van der Waals surface area contributed by atoms with Crippen LogP contribution in [0.15, 0.2) is 15.7 Å². The fourth-order valence-electron chi connectivity index (χ4n) is 0.727. The summed E-state index contributed by atoms with van der Waals surface area (Å²) in [4.78, 5) is 24.6. The molecule has 0 bridgehead atoms. The third-order valence-corrected chi connectivity index (χ3v) is 1.80. The molecule has 0 aromatic carbocycles. The van der Waals surface area contributed by atoms with Crippen LogP contribution in [0.4, 0.5) is 0 Å². The number of aliphatic carboxylic acids is 1. The van der Waals surface area contributed by atoms with E-state index in [-0.39, 0.29) is 15.9 Å². The number of carbonyl (C=O) groups excluding carboxylic acids is 1.